The summed E-state index contributed by atoms with van der Waals surface area (Å²) in [5.41, 5.74) is 0.350. The third-order valence-corrected chi connectivity index (χ3v) is 2.35. The van der Waals surface area contributed by atoms with Gasteiger partial charge in [-0.3, -0.25) is 0 Å². The van der Waals surface area contributed by atoms with Crippen LogP contribution in [0.25, 0.3) is 0 Å². The van der Waals surface area contributed by atoms with Crippen molar-refractivity contribution in [1.82, 2.24) is 9.97 Å². The number of aliphatic hydroxyl groups is 1. The molecule has 4 nitrogen and oxygen atoms in total. The molecule has 13 heavy (non-hydrogen) atoms. The third-order valence-electron chi connectivity index (χ3n) is 1.34. The number of nitrogens with zero attached hydrogens (tertiary/aromatic N) is 3. The van der Waals surface area contributed by atoms with Gasteiger partial charge in [-0.2, -0.15) is 5.26 Å². The van der Waals surface area contributed by atoms with E-state index in [0.717, 1.165) is 0 Å². The van der Waals surface area contributed by atoms with Crippen molar-refractivity contribution in [2.24, 2.45) is 0 Å². The molecule has 1 rings (SSSR count). The van der Waals surface area contributed by atoms with Crippen LogP contribution >= 0.6 is 11.8 Å². The van der Waals surface area contributed by atoms with Gasteiger partial charge in [0.2, 0.25) is 0 Å². The average molecular weight is 195 g/mol. The Balaban J connectivity index is 2.73. The lowest BCUT2D eigenvalue weighted by atomic mass is 10.4. The Kier molecular flexibility index (Phi) is 3.68. The molecule has 0 spiro atoms. The van der Waals surface area contributed by atoms with Crippen LogP contribution in [0.2, 0.25) is 0 Å². The molecule has 0 bridgehead atoms. The molecule has 0 radical (unpaired) electrons. The molecule has 1 N–H and O–H groups in total. The van der Waals surface area contributed by atoms with Gasteiger partial charge in [0, 0.05) is 11.3 Å². The maximum atomic E-state index is 8.79. The van der Waals surface area contributed by atoms with Gasteiger partial charge in [-0.25, -0.2) is 9.97 Å². The predicted octanol–water partition coefficient (Wildman–Crippen LogP) is 0.821. The second-order valence-corrected chi connectivity index (χ2v) is 3.92. The maximum absolute atomic E-state index is 8.79. The lowest BCUT2D eigenvalue weighted by molar-refractivity contribution is 0.300. The van der Waals surface area contributed by atoms with Gasteiger partial charge in [-0.15, -0.1) is 11.8 Å². The van der Waals surface area contributed by atoms with Crippen molar-refractivity contribution in [3.05, 3.63) is 18.1 Å². The number of hydrogen-bond acceptors (Lipinski definition) is 5. The molecular formula is C8H9N3OS. The first-order valence-electron chi connectivity index (χ1n) is 3.76. The zero-order valence-corrected chi connectivity index (χ0v) is 7.95. The summed E-state index contributed by atoms with van der Waals surface area (Å²) in [5.74, 6) is 0. The van der Waals surface area contributed by atoms with E-state index in [-0.39, 0.29) is 11.9 Å². The van der Waals surface area contributed by atoms with E-state index >= 15 is 0 Å². The van der Waals surface area contributed by atoms with Crippen LogP contribution in [-0.4, -0.2) is 26.9 Å². The number of aliphatic hydroxyl groups excluding tert-OH is 1. The fraction of sp³-hybridized carbons (Fsp3) is 0.375. The summed E-state index contributed by atoms with van der Waals surface area (Å²) in [6.07, 6.45) is 1.35. The average Bonchev–Trinajstić information content (AvgIpc) is 2.18. The van der Waals surface area contributed by atoms with Crippen LogP contribution in [0.5, 0.6) is 0 Å². The first-order chi connectivity index (χ1) is 6.26. The summed E-state index contributed by atoms with van der Waals surface area (Å²) in [4.78, 5) is 7.71. The maximum Gasteiger partial charge on any atom is 0.144 e. The molecule has 0 saturated heterocycles. The van der Waals surface area contributed by atoms with Crippen LogP contribution in [0, 0.1) is 11.3 Å². The van der Waals surface area contributed by atoms with Gasteiger partial charge < -0.3 is 5.11 Å². The Hall–Kier alpha value is -1.12. The smallest absolute Gasteiger partial charge is 0.144 e. The summed E-state index contributed by atoms with van der Waals surface area (Å²) in [6, 6.07) is 3.54. The van der Waals surface area contributed by atoms with E-state index in [1.807, 2.05) is 13.0 Å². The monoisotopic (exact) mass is 195 g/mol. The Bertz CT molecular complexity index is 323. The van der Waals surface area contributed by atoms with Crippen molar-refractivity contribution in [3.8, 4) is 6.07 Å². The van der Waals surface area contributed by atoms with Gasteiger partial charge in [-0.1, -0.05) is 6.92 Å². The number of thioether (sulfide) groups is 1. The lowest BCUT2D eigenvalue weighted by Crippen LogP contribution is -2.02. The van der Waals surface area contributed by atoms with Crippen LogP contribution in [0.15, 0.2) is 17.4 Å². The van der Waals surface area contributed by atoms with Crippen LogP contribution in [0.4, 0.5) is 0 Å². The molecular weight excluding hydrogens is 186 g/mol. The van der Waals surface area contributed by atoms with Gasteiger partial charge in [0.15, 0.2) is 0 Å². The lowest BCUT2D eigenvalue weighted by Gasteiger charge is -2.05. The van der Waals surface area contributed by atoms with Crippen molar-refractivity contribution in [1.29, 1.82) is 5.26 Å². The van der Waals surface area contributed by atoms with Gasteiger partial charge in [0.25, 0.3) is 0 Å². The highest BCUT2D eigenvalue weighted by Crippen LogP contribution is 2.20. The highest BCUT2D eigenvalue weighted by Gasteiger charge is 2.04. The van der Waals surface area contributed by atoms with Crippen LogP contribution < -0.4 is 0 Å². The van der Waals surface area contributed by atoms with Gasteiger partial charge in [0.1, 0.15) is 23.1 Å². The molecule has 68 valence electrons. The Morgan fingerprint density at radius 3 is 3.08 bits per heavy atom. The van der Waals surface area contributed by atoms with Crippen molar-refractivity contribution >= 4 is 11.8 Å². The molecule has 1 atom stereocenters. The van der Waals surface area contributed by atoms with Gasteiger partial charge in [-0.05, 0) is 0 Å². The highest BCUT2D eigenvalue weighted by molar-refractivity contribution is 7.99. The standard InChI is InChI=1S/C8H9N3OS/c1-6(4-12)13-8-2-7(3-9)10-5-11-8/h2,5-6,12H,4H2,1H3. The van der Waals surface area contributed by atoms with Gasteiger partial charge in [0.05, 0.1) is 6.61 Å². The molecule has 1 aromatic heterocycles. The first kappa shape index (κ1) is 9.96. The first-order valence-corrected chi connectivity index (χ1v) is 4.64. The van der Waals surface area contributed by atoms with E-state index in [2.05, 4.69) is 9.97 Å². The largest absolute Gasteiger partial charge is 0.395 e. The second-order valence-electron chi connectivity index (χ2n) is 2.46. The minimum atomic E-state index is 0.0847. The van der Waals surface area contributed by atoms with Crippen LogP contribution in [0.1, 0.15) is 12.6 Å². The molecule has 1 unspecified atom stereocenters. The Labute approximate surface area is 80.6 Å². The minimum Gasteiger partial charge on any atom is -0.395 e. The third kappa shape index (κ3) is 3.01. The van der Waals surface area contributed by atoms with E-state index in [1.54, 1.807) is 6.07 Å². The molecule has 0 amide bonds. The second kappa shape index (κ2) is 4.80. The molecule has 0 aliphatic carbocycles. The van der Waals surface area contributed by atoms with Crippen molar-refractivity contribution in [3.63, 3.8) is 0 Å². The summed E-state index contributed by atoms with van der Waals surface area (Å²) < 4.78 is 0. The Morgan fingerprint density at radius 2 is 2.46 bits per heavy atom. The Morgan fingerprint density at radius 1 is 1.69 bits per heavy atom. The predicted molar refractivity (Wildman–Crippen MR) is 49.2 cm³/mol. The minimum absolute atomic E-state index is 0.0847. The summed E-state index contributed by atoms with van der Waals surface area (Å²) in [5, 5.41) is 18.1. The molecule has 1 aromatic rings. The molecule has 0 aromatic carbocycles. The number of rotatable bonds is 3. The van der Waals surface area contributed by atoms with E-state index in [9.17, 15) is 0 Å². The molecule has 0 fully saturated rings. The SMILES string of the molecule is CC(CO)Sc1cc(C#N)ncn1. The van der Waals surface area contributed by atoms with E-state index < -0.39 is 0 Å². The van der Waals surface area contributed by atoms with Gasteiger partial charge >= 0.3 is 0 Å². The van der Waals surface area contributed by atoms with Crippen molar-refractivity contribution in [2.75, 3.05) is 6.61 Å². The normalized spacial score (nSPS) is 12.1. The number of aromatic nitrogens is 2. The molecule has 5 heteroatoms. The summed E-state index contributed by atoms with van der Waals surface area (Å²) >= 11 is 1.42. The zero-order chi connectivity index (χ0) is 9.68. The highest BCUT2D eigenvalue weighted by atomic mass is 32.2. The molecule has 1 heterocycles. The molecule has 0 aliphatic rings. The number of hydrogen-bond donors (Lipinski definition) is 1. The fourth-order valence-electron chi connectivity index (χ4n) is 0.708. The fourth-order valence-corrected chi connectivity index (χ4v) is 1.48. The number of nitriles is 1. The summed E-state index contributed by atoms with van der Waals surface area (Å²) in [6.45, 7) is 1.98. The molecule has 0 saturated carbocycles. The quantitative estimate of drug-likeness (QED) is 0.571. The van der Waals surface area contributed by atoms with E-state index in [1.165, 1.54) is 18.1 Å². The van der Waals surface area contributed by atoms with Crippen LogP contribution in [0.3, 0.4) is 0 Å². The van der Waals surface area contributed by atoms with E-state index in [4.69, 9.17) is 10.4 Å². The zero-order valence-electron chi connectivity index (χ0n) is 7.14. The summed E-state index contributed by atoms with van der Waals surface area (Å²) in [7, 11) is 0. The van der Waals surface area contributed by atoms with Crippen molar-refractivity contribution < 1.29 is 5.11 Å². The van der Waals surface area contributed by atoms with Crippen molar-refractivity contribution in [2.45, 2.75) is 17.2 Å². The van der Waals surface area contributed by atoms with Crippen LogP contribution in [-0.2, 0) is 0 Å². The van der Waals surface area contributed by atoms with E-state index in [0.29, 0.717) is 10.7 Å². The molecule has 0 aliphatic heterocycles. The topological polar surface area (TPSA) is 69.8 Å².